The summed E-state index contributed by atoms with van der Waals surface area (Å²) in [5.41, 5.74) is 0.681. The molecule has 1 aromatic rings. The maximum absolute atomic E-state index is 13.3. The molecule has 0 N–H and O–H groups in total. The van der Waals surface area contributed by atoms with Gasteiger partial charge in [-0.2, -0.15) is 0 Å². The van der Waals surface area contributed by atoms with Gasteiger partial charge in [-0.1, -0.05) is 6.07 Å². The number of benzene rings is 1. The molecule has 4 nitrogen and oxygen atoms in total. The molecule has 126 valence electrons. The van der Waals surface area contributed by atoms with Crippen molar-refractivity contribution in [2.75, 3.05) is 39.9 Å². The highest BCUT2D eigenvalue weighted by Gasteiger charge is 2.43. The van der Waals surface area contributed by atoms with E-state index < -0.39 is 0 Å². The van der Waals surface area contributed by atoms with E-state index in [-0.39, 0.29) is 17.3 Å². The molecule has 2 aliphatic rings. The molecular formula is C18H25FN2O2. The van der Waals surface area contributed by atoms with E-state index in [0.29, 0.717) is 5.56 Å². The van der Waals surface area contributed by atoms with Crippen molar-refractivity contribution in [3.63, 3.8) is 0 Å². The molecule has 2 saturated heterocycles. The average Bonchev–Trinajstić information content (AvgIpc) is 2.95. The fraction of sp³-hybridized carbons (Fsp3) is 0.611. The SMILES string of the molecule is COCCN1CCCC12CCN(C(=O)c1cccc(F)c1)CC2. The van der Waals surface area contributed by atoms with E-state index in [4.69, 9.17) is 4.74 Å². The van der Waals surface area contributed by atoms with E-state index >= 15 is 0 Å². The van der Waals surface area contributed by atoms with Crippen LogP contribution < -0.4 is 0 Å². The van der Waals surface area contributed by atoms with Crippen LogP contribution in [0.15, 0.2) is 24.3 Å². The van der Waals surface area contributed by atoms with Crippen LogP contribution in [0.25, 0.3) is 0 Å². The first kappa shape index (κ1) is 16.4. The van der Waals surface area contributed by atoms with E-state index in [1.54, 1.807) is 19.2 Å². The summed E-state index contributed by atoms with van der Waals surface area (Å²) < 4.78 is 18.5. The van der Waals surface area contributed by atoms with Crippen molar-refractivity contribution in [3.8, 4) is 0 Å². The second-order valence-electron chi connectivity index (χ2n) is 6.61. The van der Waals surface area contributed by atoms with Gasteiger partial charge in [-0.15, -0.1) is 0 Å². The zero-order valence-electron chi connectivity index (χ0n) is 13.8. The van der Waals surface area contributed by atoms with Gasteiger partial charge in [-0.3, -0.25) is 9.69 Å². The van der Waals surface area contributed by atoms with Crippen LogP contribution in [0.5, 0.6) is 0 Å². The average molecular weight is 320 g/mol. The van der Waals surface area contributed by atoms with Crippen LogP contribution in [0.1, 0.15) is 36.0 Å². The minimum atomic E-state index is -0.356. The Labute approximate surface area is 137 Å². The first-order valence-corrected chi connectivity index (χ1v) is 8.43. The van der Waals surface area contributed by atoms with Crippen molar-refractivity contribution in [3.05, 3.63) is 35.6 Å². The lowest BCUT2D eigenvalue weighted by molar-refractivity contribution is 0.0310. The van der Waals surface area contributed by atoms with Crippen molar-refractivity contribution >= 4 is 5.91 Å². The molecule has 0 aliphatic carbocycles. The third-order valence-corrected chi connectivity index (χ3v) is 5.36. The Bertz CT molecular complexity index is 556. The Morgan fingerprint density at radius 1 is 1.26 bits per heavy atom. The fourth-order valence-electron chi connectivity index (χ4n) is 4.04. The second-order valence-corrected chi connectivity index (χ2v) is 6.61. The zero-order chi connectivity index (χ0) is 16.3. The van der Waals surface area contributed by atoms with Crippen molar-refractivity contribution in [2.24, 2.45) is 0 Å². The molecule has 0 unspecified atom stereocenters. The number of carbonyl (C=O) groups is 1. The van der Waals surface area contributed by atoms with E-state index in [1.807, 2.05) is 4.90 Å². The summed E-state index contributed by atoms with van der Waals surface area (Å²) in [5, 5.41) is 0. The molecule has 2 fully saturated rings. The molecule has 23 heavy (non-hydrogen) atoms. The number of amides is 1. The van der Waals surface area contributed by atoms with Gasteiger partial charge in [-0.25, -0.2) is 4.39 Å². The summed E-state index contributed by atoms with van der Waals surface area (Å²) in [6.45, 7) is 4.35. The summed E-state index contributed by atoms with van der Waals surface area (Å²) in [6, 6.07) is 5.98. The van der Waals surface area contributed by atoms with E-state index in [2.05, 4.69) is 4.90 Å². The van der Waals surface area contributed by atoms with Gasteiger partial charge in [0.1, 0.15) is 5.82 Å². The molecule has 5 heteroatoms. The molecule has 0 bridgehead atoms. The van der Waals surface area contributed by atoms with Crippen molar-refractivity contribution in [2.45, 2.75) is 31.2 Å². The van der Waals surface area contributed by atoms with Gasteiger partial charge >= 0.3 is 0 Å². The summed E-state index contributed by atoms with van der Waals surface area (Å²) in [6.07, 6.45) is 4.43. The largest absolute Gasteiger partial charge is 0.383 e. The third kappa shape index (κ3) is 3.40. The Kier molecular flexibility index (Phi) is 4.97. The molecule has 1 spiro atoms. The number of halogens is 1. The molecule has 1 aromatic carbocycles. The molecule has 2 heterocycles. The van der Waals surface area contributed by atoms with Gasteiger partial charge in [0.2, 0.25) is 0 Å². The number of hydrogen-bond donors (Lipinski definition) is 0. The standard InChI is InChI=1S/C18H25FN2O2/c1-23-13-12-21-9-3-6-18(21)7-10-20(11-8-18)17(22)15-4-2-5-16(19)14-15/h2,4-5,14H,3,6-13H2,1H3. The molecule has 1 amide bonds. The molecule has 0 atom stereocenters. The van der Waals surface area contributed by atoms with Crippen molar-refractivity contribution in [1.82, 2.24) is 9.80 Å². The van der Waals surface area contributed by atoms with E-state index in [9.17, 15) is 9.18 Å². The number of nitrogens with zero attached hydrogens (tertiary/aromatic N) is 2. The maximum atomic E-state index is 13.3. The summed E-state index contributed by atoms with van der Waals surface area (Å²) in [5.74, 6) is -0.411. The third-order valence-electron chi connectivity index (χ3n) is 5.36. The monoisotopic (exact) mass is 320 g/mol. The Hall–Kier alpha value is -1.46. The number of carbonyl (C=O) groups excluding carboxylic acids is 1. The predicted molar refractivity (Wildman–Crippen MR) is 87.0 cm³/mol. The van der Waals surface area contributed by atoms with Crippen LogP contribution in [0.2, 0.25) is 0 Å². The van der Waals surface area contributed by atoms with E-state index in [0.717, 1.165) is 45.6 Å². The van der Waals surface area contributed by atoms with E-state index in [1.165, 1.54) is 25.0 Å². The minimum Gasteiger partial charge on any atom is -0.383 e. The molecule has 0 aromatic heterocycles. The lowest BCUT2D eigenvalue weighted by Gasteiger charge is -2.45. The van der Waals surface area contributed by atoms with Crippen molar-refractivity contribution in [1.29, 1.82) is 0 Å². The number of hydrogen-bond acceptors (Lipinski definition) is 3. The first-order valence-electron chi connectivity index (χ1n) is 8.43. The molecule has 2 aliphatic heterocycles. The fourth-order valence-corrected chi connectivity index (χ4v) is 4.04. The minimum absolute atomic E-state index is 0.0548. The van der Waals surface area contributed by atoms with Crippen LogP contribution in [0, 0.1) is 5.82 Å². The zero-order valence-corrected chi connectivity index (χ0v) is 13.8. The van der Waals surface area contributed by atoms with Crippen LogP contribution in [-0.4, -0.2) is 61.1 Å². The number of methoxy groups -OCH3 is 1. The van der Waals surface area contributed by atoms with Crippen LogP contribution in [0.3, 0.4) is 0 Å². The normalized spacial score (nSPS) is 21.0. The Balaban J connectivity index is 1.62. The second kappa shape index (κ2) is 6.97. The number of likely N-dealkylation sites (tertiary alicyclic amines) is 2. The van der Waals surface area contributed by atoms with Gasteiger partial charge < -0.3 is 9.64 Å². The highest BCUT2D eigenvalue weighted by Crippen LogP contribution is 2.38. The Morgan fingerprint density at radius 3 is 2.74 bits per heavy atom. The summed E-state index contributed by atoms with van der Waals surface area (Å²) in [7, 11) is 1.74. The quantitative estimate of drug-likeness (QED) is 0.855. The predicted octanol–water partition coefficient (Wildman–Crippen LogP) is 2.54. The maximum Gasteiger partial charge on any atom is 0.253 e. The smallest absolute Gasteiger partial charge is 0.253 e. The molecular weight excluding hydrogens is 295 g/mol. The molecule has 3 rings (SSSR count). The lowest BCUT2D eigenvalue weighted by Crippen LogP contribution is -2.53. The number of ether oxygens (including phenoxy) is 1. The van der Waals surface area contributed by atoms with Gasteiger partial charge in [0.15, 0.2) is 0 Å². The highest BCUT2D eigenvalue weighted by atomic mass is 19.1. The van der Waals surface area contributed by atoms with Gasteiger partial charge in [0, 0.05) is 37.8 Å². The van der Waals surface area contributed by atoms with Gasteiger partial charge in [0.05, 0.1) is 6.61 Å². The van der Waals surface area contributed by atoms with Crippen LogP contribution >= 0.6 is 0 Å². The highest BCUT2D eigenvalue weighted by molar-refractivity contribution is 5.94. The lowest BCUT2D eigenvalue weighted by atomic mass is 9.84. The summed E-state index contributed by atoms with van der Waals surface area (Å²) in [4.78, 5) is 16.9. The summed E-state index contributed by atoms with van der Waals surface area (Å²) >= 11 is 0. The van der Waals surface area contributed by atoms with Gasteiger partial charge in [0.25, 0.3) is 5.91 Å². The van der Waals surface area contributed by atoms with Crippen LogP contribution in [-0.2, 0) is 4.74 Å². The Morgan fingerprint density at radius 2 is 2.04 bits per heavy atom. The van der Waals surface area contributed by atoms with Gasteiger partial charge in [-0.05, 0) is 50.4 Å². The topological polar surface area (TPSA) is 32.8 Å². The number of rotatable bonds is 4. The van der Waals surface area contributed by atoms with Crippen molar-refractivity contribution < 1.29 is 13.9 Å². The number of piperidine rings is 1. The molecule has 0 radical (unpaired) electrons. The first-order chi connectivity index (χ1) is 11.1. The molecule has 0 saturated carbocycles. The van der Waals surface area contributed by atoms with Crippen LogP contribution in [0.4, 0.5) is 4.39 Å².